The van der Waals surface area contributed by atoms with Crippen LogP contribution in [0, 0.1) is 0 Å². The number of amides is 1. The van der Waals surface area contributed by atoms with Gasteiger partial charge in [0, 0.05) is 37.9 Å². The van der Waals surface area contributed by atoms with Crippen molar-refractivity contribution in [1.29, 1.82) is 0 Å². The van der Waals surface area contributed by atoms with E-state index in [0.717, 1.165) is 0 Å². The number of pyridine rings is 1. The molecule has 1 amide bonds. The number of hydrogen-bond donors (Lipinski definition) is 1. The van der Waals surface area contributed by atoms with Gasteiger partial charge < -0.3 is 14.9 Å². The molecule has 0 bridgehead atoms. The molecule has 0 aliphatic carbocycles. The topological polar surface area (TPSA) is 73.7 Å². The summed E-state index contributed by atoms with van der Waals surface area (Å²) < 4.78 is 0. The Labute approximate surface area is 154 Å². The van der Waals surface area contributed by atoms with E-state index in [-0.39, 0.29) is 11.5 Å². The van der Waals surface area contributed by atoms with Crippen molar-refractivity contribution in [3.63, 3.8) is 0 Å². The lowest BCUT2D eigenvalue weighted by atomic mass is 10.1. The normalized spacial score (nSPS) is 14.5. The summed E-state index contributed by atoms with van der Waals surface area (Å²) in [5.74, 6) is -0.716. The van der Waals surface area contributed by atoms with Gasteiger partial charge in [-0.15, -0.1) is 0 Å². The second kappa shape index (κ2) is 7.29. The Morgan fingerprint density at radius 3 is 2.40 bits per heavy atom. The number of carboxylic acid groups (broad SMARTS) is 1. The fourth-order valence-corrected chi connectivity index (χ4v) is 3.05. The van der Waals surface area contributed by atoms with Crippen LogP contribution in [0.1, 0.15) is 20.7 Å². The first kappa shape index (κ1) is 17.5. The van der Waals surface area contributed by atoms with Gasteiger partial charge in [-0.25, -0.2) is 9.78 Å². The second-order valence-electron chi connectivity index (χ2n) is 5.59. The molecule has 6 nitrogen and oxygen atoms in total. The maximum atomic E-state index is 12.6. The number of aromatic carboxylic acids is 1. The van der Waals surface area contributed by atoms with E-state index < -0.39 is 5.97 Å². The highest BCUT2D eigenvalue weighted by molar-refractivity contribution is 6.42. The van der Waals surface area contributed by atoms with Crippen LogP contribution in [-0.4, -0.2) is 53.0 Å². The molecule has 1 aromatic carbocycles. The van der Waals surface area contributed by atoms with Crippen molar-refractivity contribution in [3.8, 4) is 0 Å². The van der Waals surface area contributed by atoms with Gasteiger partial charge >= 0.3 is 5.97 Å². The first-order chi connectivity index (χ1) is 12.0. The van der Waals surface area contributed by atoms with E-state index in [2.05, 4.69) is 4.98 Å². The number of anilines is 1. The summed E-state index contributed by atoms with van der Waals surface area (Å²) in [5.41, 5.74) is 0.638. The number of piperazine rings is 1. The van der Waals surface area contributed by atoms with Crippen LogP contribution in [0.4, 0.5) is 5.82 Å². The van der Waals surface area contributed by atoms with Crippen LogP contribution in [0.5, 0.6) is 0 Å². The van der Waals surface area contributed by atoms with Crippen molar-refractivity contribution in [2.24, 2.45) is 0 Å². The summed E-state index contributed by atoms with van der Waals surface area (Å²) in [5, 5.41) is 10.0. The Hall–Kier alpha value is -2.31. The largest absolute Gasteiger partial charge is 0.478 e. The summed E-state index contributed by atoms with van der Waals surface area (Å²) in [6.07, 6.45) is 1.56. The molecule has 25 heavy (non-hydrogen) atoms. The molecule has 1 aliphatic rings. The first-order valence-corrected chi connectivity index (χ1v) is 8.40. The first-order valence-electron chi connectivity index (χ1n) is 7.65. The summed E-state index contributed by atoms with van der Waals surface area (Å²) in [6, 6.07) is 7.92. The third-order valence-electron chi connectivity index (χ3n) is 4.05. The Kier molecular flexibility index (Phi) is 5.11. The summed E-state index contributed by atoms with van der Waals surface area (Å²) in [4.78, 5) is 31.7. The van der Waals surface area contributed by atoms with Gasteiger partial charge in [0.05, 0.1) is 10.0 Å². The van der Waals surface area contributed by atoms with Gasteiger partial charge in [0.1, 0.15) is 11.4 Å². The maximum Gasteiger partial charge on any atom is 0.339 e. The lowest BCUT2D eigenvalue weighted by Crippen LogP contribution is -2.49. The molecule has 2 aromatic rings. The molecule has 0 spiro atoms. The molecular formula is C17H15Cl2N3O3. The van der Waals surface area contributed by atoms with Crippen molar-refractivity contribution in [3.05, 3.63) is 57.7 Å². The summed E-state index contributed by atoms with van der Waals surface area (Å²) in [7, 11) is 0. The molecule has 3 rings (SSSR count). The van der Waals surface area contributed by atoms with E-state index in [1.54, 1.807) is 35.4 Å². The van der Waals surface area contributed by atoms with E-state index in [1.165, 1.54) is 6.07 Å². The van der Waals surface area contributed by atoms with Gasteiger partial charge in [-0.1, -0.05) is 23.2 Å². The number of carbonyl (C=O) groups excluding carboxylic acids is 1. The van der Waals surface area contributed by atoms with Crippen LogP contribution >= 0.6 is 23.2 Å². The predicted molar refractivity (Wildman–Crippen MR) is 95.8 cm³/mol. The average Bonchev–Trinajstić information content (AvgIpc) is 2.63. The molecule has 1 aliphatic heterocycles. The summed E-state index contributed by atoms with van der Waals surface area (Å²) in [6.45, 7) is 1.94. The highest BCUT2D eigenvalue weighted by Gasteiger charge is 2.25. The van der Waals surface area contributed by atoms with Gasteiger partial charge in [-0.2, -0.15) is 0 Å². The molecule has 8 heteroatoms. The summed E-state index contributed by atoms with van der Waals surface area (Å²) >= 11 is 11.9. The SMILES string of the molecule is O=C(O)c1cccnc1N1CCN(C(=O)c2ccc(Cl)c(Cl)c2)CC1. The zero-order chi connectivity index (χ0) is 18.0. The van der Waals surface area contributed by atoms with Crippen LogP contribution in [0.3, 0.4) is 0 Å². The molecule has 2 heterocycles. The minimum Gasteiger partial charge on any atom is -0.478 e. The Balaban J connectivity index is 1.71. The van der Waals surface area contributed by atoms with Crippen LogP contribution in [0.25, 0.3) is 0 Å². The third-order valence-corrected chi connectivity index (χ3v) is 4.79. The third kappa shape index (κ3) is 3.70. The van der Waals surface area contributed by atoms with Gasteiger partial charge in [-0.3, -0.25) is 4.79 Å². The molecule has 1 fully saturated rings. The maximum absolute atomic E-state index is 12.6. The lowest BCUT2D eigenvalue weighted by Gasteiger charge is -2.36. The predicted octanol–water partition coefficient (Wildman–Crippen LogP) is 3.05. The van der Waals surface area contributed by atoms with E-state index in [9.17, 15) is 14.7 Å². The fraction of sp³-hybridized carbons (Fsp3) is 0.235. The van der Waals surface area contributed by atoms with Crippen molar-refractivity contribution < 1.29 is 14.7 Å². The number of rotatable bonds is 3. The van der Waals surface area contributed by atoms with Crippen LogP contribution in [0.2, 0.25) is 10.0 Å². The highest BCUT2D eigenvalue weighted by Crippen LogP contribution is 2.24. The zero-order valence-electron chi connectivity index (χ0n) is 13.2. The molecule has 0 atom stereocenters. The van der Waals surface area contributed by atoms with E-state index in [1.807, 2.05) is 4.90 Å². The molecule has 0 saturated carbocycles. The number of halogens is 2. The van der Waals surface area contributed by atoms with E-state index in [0.29, 0.717) is 47.6 Å². The van der Waals surface area contributed by atoms with Crippen molar-refractivity contribution >= 4 is 40.9 Å². The molecule has 0 radical (unpaired) electrons. The Morgan fingerprint density at radius 2 is 1.76 bits per heavy atom. The van der Waals surface area contributed by atoms with E-state index >= 15 is 0 Å². The quantitative estimate of drug-likeness (QED) is 0.886. The van der Waals surface area contributed by atoms with Gasteiger partial charge in [0.25, 0.3) is 5.91 Å². The number of nitrogens with zero attached hydrogens (tertiary/aromatic N) is 3. The van der Waals surface area contributed by atoms with E-state index in [4.69, 9.17) is 23.2 Å². The minimum absolute atomic E-state index is 0.127. The van der Waals surface area contributed by atoms with Crippen LogP contribution < -0.4 is 4.90 Å². The highest BCUT2D eigenvalue weighted by atomic mass is 35.5. The van der Waals surface area contributed by atoms with Gasteiger partial charge in [0.2, 0.25) is 0 Å². The van der Waals surface area contributed by atoms with Crippen molar-refractivity contribution in [2.45, 2.75) is 0 Å². The van der Waals surface area contributed by atoms with Gasteiger partial charge in [-0.05, 0) is 30.3 Å². The Morgan fingerprint density at radius 1 is 1.04 bits per heavy atom. The average molecular weight is 380 g/mol. The number of hydrogen-bond acceptors (Lipinski definition) is 4. The molecule has 0 unspecified atom stereocenters. The number of carbonyl (C=O) groups is 2. The van der Waals surface area contributed by atoms with Crippen LogP contribution in [-0.2, 0) is 0 Å². The molecule has 130 valence electrons. The molecule has 1 aromatic heterocycles. The van der Waals surface area contributed by atoms with Crippen molar-refractivity contribution in [2.75, 3.05) is 31.1 Å². The number of benzene rings is 1. The minimum atomic E-state index is -1.02. The Bertz CT molecular complexity index is 821. The lowest BCUT2D eigenvalue weighted by molar-refractivity contribution is 0.0692. The fourth-order valence-electron chi connectivity index (χ4n) is 2.75. The molecule has 1 N–H and O–H groups in total. The molecular weight excluding hydrogens is 365 g/mol. The monoisotopic (exact) mass is 379 g/mol. The molecule has 1 saturated heterocycles. The van der Waals surface area contributed by atoms with Gasteiger partial charge in [0.15, 0.2) is 0 Å². The van der Waals surface area contributed by atoms with Crippen LogP contribution in [0.15, 0.2) is 36.5 Å². The smallest absolute Gasteiger partial charge is 0.339 e. The van der Waals surface area contributed by atoms with Crippen molar-refractivity contribution in [1.82, 2.24) is 9.88 Å². The number of aromatic nitrogens is 1. The number of carboxylic acids is 1. The second-order valence-corrected chi connectivity index (χ2v) is 6.40. The standard InChI is InChI=1S/C17H15Cl2N3O3/c18-13-4-3-11(10-14(13)19)16(23)22-8-6-21(7-9-22)15-12(17(24)25)2-1-5-20-15/h1-5,10H,6-9H2,(H,24,25). The zero-order valence-corrected chi connectivity index (χ0v) is 14.7.